The predicted octanol–water partition coefficient (Wildman–Crippen LogP) is 3.21. The van der Waals surface area contributed by atoms with Gasteiger partial charge in [-0.25, -0.2) is 0 Å². The Kier molecular flexibility index (Phi) is 4.49. The topological polar surface area (TPSA) is 29.5 Å². The molecule has 0 amide bonds. The molecule has 0 aromatic carbocycles. The molecule has 0 radical (unpaired) electrons. The number of hydrogen-bond donors (Lipinski definition) is 1. The van der Waals surface area contributed by atoms with Gasteiger partial charge in [0, 0.05) is 19.4 Å². The van der Waals surface area contributed by atoms with Crippen LogP contribution in [0, 0.1) is 23.2 Å². The molecule has 5 rings (SSSR count). The number of nitrogens with zero attached hydrogens (tertiary/aromatic N) is 1. The lowest BCUT2D eigenvalue weighted by Crippen LogP contribution is -2.48. The van der Waals surface area contributed by atoms with Gasteiger partial charge in [0.05, 0.1) is 26.7 Å². The van der Waals surface area contributed by atoms with Gasteiger partial charge in [-0.3, -0.25) is 0 Å². The molecule has 3 heteroatoms. The van der Waals surface area contributed by atoms with Crippen LogP contribution >= 0.6 is 0 Å². The Hall–Kier alpha value is -0.120. The van der Waals surface area contributed by atoms with Crippen molar-refractivity contribution in [3.05, 3.63) is 0 Å². The molecule has 1 saturated heterocycles. The van der Waals surface area contributed by atoms with E-state index >= 15 is 0 Å². The van der Waals surface area contributed by atoms with Crippen molar-refractivity contribution >= 4 is 0 Å². The number of ether oxygens (including phenoxy) is 1. The molecule has 1 heterocycles. The minimum Gasteiger partial charge on any atom is -0.385 e. The van der Waals surface area contributed by atoms with Gasteiger partial charge in [0.1, 0.15) is 12.6 Å². The van der Waals surface area contributed by atoms with Gasteiger partial charge in [0.15, 0.2) is 0 Å². The van der Waals surface area contributed by atoms with E-state index in [9.17, 15) is 5.11 Å². The molecule has 4 saturated carbocycles. The van der Waals surface area contributed by atoms with E-state index in [1.807, 2.05) is 0 Å². The summed E-state index contributed by atoms with van der Waals surface area (Å²) in [6, 6.07) is 0. The molecule has 23 heavy (non-hydrogen) atoms. The smallest absolute Gasteiger partial charge is 0.126 e. The zero-order valence-corrected chi connectivity index (χ0v) is 15.0. The number of aliphatic hydroxyl groups excluding tert-OH is 1. The van der Waals surface area contributed by atoms with Crippen LogP contribution < -0.4 is 0 Å². The van der Waals surface area contributed by atoms with Crippen molar-refractivity contribution in [3.8, 4) is 0 Å². The van der Waals surface area contributed by atoms with Crippen LogP contribution in [0.1, 0.15) is 57.8 Å². The van der Waals surface area contributed by atoms with Crippen molar-refractivity contribution in [2.24, 2.45) is 23.2 Å². The van der Waals surface area contributed by atoms with E-state index in [1.165, 1.54) is 70.9 Å². The quantitative estimate of drug-likeness (QED) is 0.576. The number of hydrogen-bond acceptors (Lipinski definition) is 2. The second kappa shape index (κ2) is 6.31. The second-order valence-electron chi connectivity index (χ2n) is 9.85. The van der Waals surface area contributed by atoms with E-state index in [1.54, 1.807) is 0 Å². The maximum atomic E-state index is 10.3. The summed E-state index contributed by atoms with van der Waals surface area (Å²) in [6.45, 7) is 4.74. The number of likely N-dealkylation sites (tertiary alicyclic amines) is 1. The summed E-state index contributed by atoms with van der Waals surface area (Å²) in [5.41, 5.74) is 0.618. The molecule has 1 atom stereocenters. The Bertz CT molecular complexity index is 381. The molecular formula is C20H36NO2+. The highest BCUT2D eigenvalue weighted by atomic mass is 16.5. The Labute approximate surface area is 142 Å². The third kappa shape index (κ3) is 3.62. The van der Waals surface area contributed by atoms with Gasteiger partial charge in [-0.15, -0.1) is 0 Å². The third-order valence-electron chi connectivity index (χ3n) is 7.55. The van der Waals surface area contributed by atoms with Crippen LogP contribution in [0.15, 0.2) is 0 Å². The number of quaternary nitrogens is 1. The summed E-state index contributed by atoms with van der Waals surface area (Å²) in [7, 11) is 2.28. The average Bonchev–Trinajstić information content (AvgIpc) is 2.88. The van der Waals surface area contributed by atoms with Crippen molar-refractivity contribution in [2.75, 3.05) is 39.9 Å². The molecule has 4 bridgehead atoms. The van der Waals surface area contributed by atoms with Gasteiger partial charge < -0.3 is 14.3 Å². The average molecular weight is 323 g/mol. The van der Waals surface area contributed by atoms with E-state index in [-0.39, 0.29) is 6.10 Å². The molecule has 1 N–H and O–H groups in total. The van der Waals surface area contributed by atoms with E-state index in [0.29, 0.717) is 12.0 Å². The van der Waals surface area contributed by atoms with Crippen LogP contribution in [0.2, 0.25) is 0 Å². The van der Waals surface area contributed by atoms with Gasteiger partial charge in [0.2, 0.25) is 0 Å². The third-order valence-corrected chi connectivity index (χ3v) is 7.55. The van der Waals surface area contributed by atoms with E-state index in [2.05, 4.69) is 7.05 Å². The molecule has 4 aliphatic carbocycles. The molecule has 3 nitrogen and oxygen atoms in total. The zero-order chi connectivity index (χ0) is 15.9. The van der Waals surface area contributed by atoms with Crippen LogP contribution in [0.3, 0.4) is 0 Å². The molecule has 0 aromatic rings. The molecule has 1 aliphatic heterocycles. The van der Waals surface area contributed by atoms with Crippen LogP contribution in [0.25, 0.3) is 0 Å². The maximum absolute atomic E-state index is 10.3. The molecule has 0 unspecified atom stereocenters. The summed E-state index contributed by atoms with van der Waals surface area (Å²) in [5, 5.41) is 10.3. The summed E-state index contributed by atoms with van der Waals surface area (Å²) < 4.78 is 6.97. The normalized spacial score (nSPS) is 42.3. The Morgan fingerprint density at radius 3 is 2.17 bits per heavy atom. The summed E-state index contributed by atoms with van der Waals surface area (Å²) >= 11 is 0. The van der Waals surface area contributed by atoms with E-state index in [0.717, 1.165) is 35.4 Å². The molecule has 0 aromatic heterocycles. The number of rotatable bonds is 7. The van der Waals surface area contributed by atoms with Gasteiger partial charge in [-0.05, 0) is 68.1 Å². The highest BCUT2D eigenvalue weighted by Gasteiger charge is 2.50. The van der Waals surface area contributed by atoms with Crippen LogP contribution in [-0.2, 0) is 4.74 Å². The first-order valence-electron chi connectivity index (χ1n) is 10.1. The molecule has 5 fully saturated rings. The summed E-state index contributed by atoms with van der Waals surface area (Å²) in [4.78, 5) is 0. The standard InChI is InChI=1S/C20H36NO2/c1-21(5-2-3-6-21)14-19(22)15-23-7-4-20-11-16-8-17(12-20)10-18(9-16)13-20/h16-19,22H,2-15H2,1H3/q+1/t16?,17?,18?,19-,20?/m1/s1. The predicted molar refractivity (Wildman–Crippen MR) is 92.1 cm³/mol. The van der Waals surface area contributed by atoms with Crippen molar-refractivity contribution in [2.45, 2.75) is 63.9 Å². The van der Waals surface area contributed by atoms with Crippen molar-refractivity contribution in [1.29, 1.82) is 0 Å². The van der Waals surface area contributed by atoms with Gasteiger partial charge in [-0.1, -0.05) is 0 Å². The summed E-state index contributed by atoms with van der Waals surface area (Å²) in [5.74, 6) is 3.10. The lowest BCUT2D eigenvalue weighted by Gasteiger charge is -2.57. The first-order valence-corrected chi connectivity index (χ1v) is 10.1. The first kappa shape index (κ1) is 16.4. The number of aliphatic hydroxyl groups is 1. The molecule has 5 aliphatic rings. The van der Waals surface area contributed by atoms with Crippen molar-refractivity contribution < 1.29 is 14.3 Å². The van der Waals surface area contributed by atoms with Gasteiger partial charge in [0.25, 0.3) is 0 Å². The molecular weight excluding hydrogens is 286 g/mol. The lowest BCUT2D eigenvalue weighted by atomic mass is 9.49. The Morgan fingerprint density at radius 1 is 1.04 bits per heavy atom. The van der Waals surface area contributed by atoms with Crippen LogP contribution in [-0.4, -0.2) is 55.6 Å². The highest BCUT2D eigenvalue weighted by Crippen LogP contribution is 2.61. The van der Waals surface area contributed by atoms with Crippen molar-refractivity contribution in [3.63, 3.8) is 0 Å². The Morgan fingerprint density at radius 2 is 1.61 bits per heavy atom. The molecule has 132 valence electrons. The van der Waals surface area contributed by atoms with Gasteiger partial charge >= 0.3 is 0 Å². The highest BCUT2D eigenvalue weighted by molar-refractivity contribution is 5.01. The summed E-state index contributed by atoms with van der Waals surface area (Å²) in [6.07, 6.45) is 12.6. The lowest BCUT2D eigenvalue weighted by molar-refractivity contribution is -0.900. The largest absolute Gasteiger partial charge is 0.385 e. The van der Waals surface area contributed by atoms with Gasteiger partial charge in [-0.2, -0.15) is 0 Å². The minimum absolute atomic E-state index is 0.283. The van der Waals surface area contributed by atoms with E-state index in [4.69, 9.17) is 4.74 Å². The maximum Gasteiger partial charge on any atom is 0.126 e. The SMILES string of the molecule is C[N+]1(C[C@@H](O)COCCC23CC4CC(CC(C4)C2)C3)CCCC1. The van der Waals surface area contributed by atoms with Crippen LogP contribution in [0.5, 0.6) is 0 Å². The molecule has 0 spiro atoms. The second-order valence-corrected chi connectivity index (χ2v) is 9.85. The zero-order valence-electron chi connectivity index (χ0n) is 15.0. The van der Waals surface area contributed by atoms with Crippen molar-refractivity contribution in [1.82, 2.24) is 0 Å². The fourth-order valence-corrected chi connectivity index (χ4v) is 6.95. The van der Waals surface area contributed by atoms with Crippen LogP contribution in [0.4, 0.5) is 0 Å². The fraction of sp³-hybridized carbons (Fsp3) is 1.00. The first-order chi connectivity index (χ1) is 11.0. The Balaban J connectivity index is 1.19. The monoisotopic (exact) mass is 322 g/mol. The fourth-order valence-electron chi connectivity index (χ4n) is 6.95. The van der Waals surface area contributed by atoms with E-state index < -0.39 is 0 Å². The minimum atomic E-state index is -0.283. The number of likely N-dealkylation sites (N-methyl/N-ethyl adjacent to an activating group) is 1.